The minimum atomic E-state index is 0.0434. The lowest BCUT2D eigenvalue weighted by Gasteiger charge is -2.10. The Hall–Kier alpha value is -0.660. The zero-order chi connectivity index (χ0) is 9.52. The lowest BCUT2D eigenvalue weighted by atomic mass is 9.93. The summed E-state index contributed by atoms with van der Waals surface area (Å²) >= 11 is 0. The highest BCUT2D eigenvalue weighted by molar-refractivity contribution is 6.27. The Morgan fingerprint density at radius 1 is 1.00 bits per heavy atom. The van der Waals surface area contributed by atoms with E-state index in [2.05, 4.69) is 0 Å². The van der Waals surface area contributed by atoms with Crippen LogP contribution >= 0.6 is 0 Å². The molecule has 74 valence electrons. The number of Topliss-reactive ketones (excluding diaryl/α,β-unsaturated/α-hetero) is 1. The molecule has 0 bridgehead atoms. The second-order valence-electron chi connectivity index (χ2n) is 3.94. The molecule has 1 N–H and O–H groups in total. The van der Waals surface area contributed by atoms with Gasteiger partial charge in [0.2, 0.25) is 0 Å². The van der Waals surface area contributed by atoms with Gasteiger partial charge in [0.15, 0.2) is 5.78 Å². The van der Waals surface area contributed by atoms with Crippen molar-refractivity contribution in [2.75, 3.05) is 0 Å². The smallest absolute Gasteiger partial charge is 0.176 e. The normalized spacial score (nSPS) is 21.2. The Morgan fingerprint density at radius 3 is 1.92 bits per heavy atom. The third-order valence-corrected chi connectivity index (χ3v) is 2.90. The average Bonchev–Trinajstić information content (AvgIpc) is 2.29. The van der Waals surface area contributed by atoms with Crippen molar-refractivity contribution in [2.24, 2.45) is 5.92 Å². The summed E-state index contributed by atoms with van der Waals surface area (Å²) in [7, 11) is 0. The molecule has 0 unspecified atom stereocenters. The van der Waals surface area contributed by atoms with Crippen LogP contribution < -0.4 is 0 Å². The van der Waals surface area contributed by atoms with E-state index in [0.29, 0.717) is 0 Å². The largest absolute Gasteiger partial charge is 0.305 e. The summed E-state index contributed by atoms with van der Waals surface area (Å²) in [6.45, 7) is 0. The number of carbonyl (C=O) groups excluding carboxylic acids is 1. The molecular weight excluding hydrogens is 162 g/mol. The van der Waals surface area contributed by atoms with Crippen LogP contribution in [0.15, 0.2) is 0 Å². The monoisotopic (exact) mass is 181 g/mol. The maximum Gasteiger partial charge on any atom is 0.176 e. The first-order valence-electron chi connectivity index (χ1n) is 5.39. The predicted molar refractivity (Wildman–Crippen MR) is 54.2 cm³/mol. The molecule has 2 heteroatoms. The highest BCUT2D eigenvalue weighted by Crippen LogP contribution is 2.21. The SMILES string of the molecule is N=CC(=O)C1CCCCCCCC1. The first kappa shape index (κ1) is 10.4. The average molecular weight is 181 g/mol. The molecule has 0 radical (unpaired) electrons. The highest BCUT2D eigenvalue weighted by atomic mass is 16.1. The van der Waals surface area contributed by atoms with Crippen molar-refractivity contribution in [3.8, 4) is 0 Å². The quantitative estimate of drug-likeness (QED) is 0.654. The fraction of sp³-hybridized carbons (Fsp3) is 0.818. The van der Waals surface area contributed by atoms with Crippen LogP contribution in [0.3, 0.4) is 0 Å². The van der Waals surface area contributed by atoms with E-state index < -0.39 is 0 Å². The minimum absolute atomic E-state index is 0.0434. The predicted octanol–water partition coefficient (Wildman–Crippen LogP) is 2.96. The van der Waals surface area contributed by atoms with Gasteiger partial charge in [0.05, 0.1) is 6.21 Å². The number of ketones is 1. The zero-order valence-electron chi connectivity index (χ0n) is 8.22. The van der Waals surface area contributed by atoms with E-state index >= 15 is 0 Å². The van der Waals surface area contributed by atoms with Crippen LogP contribution in [0, 0.1) is 11.3 Å². The van der Waals surface area contributed by atoms with Gasteiger partial charge in [0.25, 0.3) is 0 Å². The number of rotatable bonds is 2. The molecule has 1 aliphatic carbocycles. The molecule has 0 aromatic rings. The van der Waals surface area contributed by atoms with Gasteiger partial charge in [-0.1, -0.05) is 38.5 Å². The second-order valence-corrected chi connectivity index (χ2v) is 3.94. The van der Waals surface area contributed by atoms with Gasteiger partial charge < -0.3 is 5.41 Å². The van der Waals surface area contributed by atoms with E-state index in [1.54, 1.807) is 0 Å². The van der Waals surface area contributed by atoms with Gasteiger partial charge >= 0.3 is 0 Å². The third-order valence-electron chi connectivity index (χ3n) is 2.90. The van der Waals surface area contributed by atoms with Crippen molar-refractivity contribution in [3.05, 3.63) is 0 Å². The third kappa shape index (κ3) is 3.71. The van der Waals surface area contributed by atoms with Crippen LogP contribution in [0.4, 0.5) is 0 Å². The fourth-order valence-electron chi connectivity index (χ4n) is 2.04. The van der Waals surface area contributed by atoms with Crippen LogP contribution in [0.1, 0.15) is 51.4 Å². The Morgan fingerprint density at radius 2 is 1.46 bits per heavy atom. The Bertz CT molecular complexity index is 167. The molecule has 0 spiro atoms. The molecule has 1 rings (SSSR count). The van der Waals surface area contributed by atoms with Gasteiger partial charge in [-0.15, -0.1) is 0 Å². The van der Waals surface area contributed by atoms with Gasteiger partial charge in [-0.05, 0) is 12.8 Å². The maximum atomic E-state index is 11.3. The first-order chi connectivity index (χ1) is 6.34. The molecule has 2 nitrogen and oxygen atoms in total. The van der Waals surface area contributed by atoms with Gasteiger partial charge in [0, 0.05) is 5.92 Å². The molecule has 0 aromatic heterocycles. The molecule has 13 heavy (non-hydrogen) atoms. The molecule has 1 aliphatic rings. The Balaban J connectivity index is 2.40. The summed E-state index contributed by atoms with van der Waals surface area (Å²) in [5, 5.41) is 6.95. The standard InChI is InChI=1S/C11H19NO/c12-9-11(13)10-7-5-3-1-2-4-6-8-10/h9-10,12H,1-8H2. The molecular formula is C11H19NO. The Labute approximate surface area is 80.2 Å². The summed E-state index contributed by atoms with van der Waals surface area (Å²) in [6.07, 6.45) is 10.5. The van der Waals surface area contributed by atoms with Crippen LogP contribution in [0.2, 0.25) is 0 Å². The minimum Gasteiger partial charge on any atom is -0.305 e. The summed E-state index contributed by atoms with van der Waals surface area (Å²) in [5.41, 5.74) is 0. The van der Waals surface area contributed by atoms with Crippen molar-refractivity contribution in [3.63, 3.8) is 0 Å². The highest BCUT2D eigenvalue weighted by Gasteiger charge is 2.16. The number of hydrogen-bond donors (Lipinski definition) is 1. The van der Waals surface area contributed by atoms with Crippen LogP contribution in [-0.4, -0.2) is 12.0 Å². The number of hydrogen-bond acceptors (Lipinski definition) is 2. The van der Waals surface area contributed by atoms with E-state index in [-0.39, 0.29) is 11.7 Å². The van der Waals surface area contributed by atoms with E-state index in [0.717, 1.165) is 19.1 Å². The van der Waals surface area contributed by atoms with Gasteiger partial charge in [-0.3, -0.25) is 4.79 Å². The van der Waals surface area contributed by atoms with Gasteiger partial charge in [-0.2, -0.15) is 0 Å². The van der Waals surface area contributed by atoms with Crippen LogP contribution in [0.5, 0.6) is 0 Å². The molecule has 0 aromatic carbocycles. The lowest BCUT2D eigenvalue weighted by Crippen LogP contribution is -2.15. The van der Waals surface area contributed by atoms with Crippen LogP contribution in [0.25, 0.3) is 0 Å². The fourth-order valence-corrected chi connectivity index (χ4v) is 2.04. The lowest BCUT2D eigenvalue weighted by molar-refractivity contribution is -0.116. The number of nitrogens with one attached hydrogen (secondary N) is 1. The molecule has 0 heterocycles. The van der Waals surface area contributed by atoms with Crippen molar-refractivity contribution in [1.82, 2.24) is 0 Å². The summed E-state index contributed by atoms with van der Waals surface area (Å²) < 4.78 is 0. The van der Waals surface area contributed by atoms with E-state index in [4.69, 9.17) is 5.41 Å². The van der Waals surface area contributed by atoms with Gasteiger partial charge in [-0.25, -0.2) is 0 Å². The van der Waals surface area contributed by atoms with Crippen LogP contribution in [-0.2, 0) is 4.79 Å². The Kier molecular flexibility index (Phi) is 4.73. The summed E-state index contributed by atoms with van der Waals surface area (Å²) in [5.74, 6) is 0.206. The maximum absolute atomic E-state index is 11.3. The molecule has 0 atom stereocenters. The van der Waals surface area contributed by atoms with Gasteiger partial charge in [0.1, 0.15) is 0 Å². The summed E-state index contributed by atoms with van der Waals surface area (Å²) in [6, 6.07) is 0. The molecule has 0 saturated heterocycles. The van der Waals surface area contributed by atoms with E-state index in [9.17, 15) is 4.79 Å². The van der Waals surface area contributed by atoms with Crippen molar-refractivity contribution < 1.29 is 4.79 Å². The van der Waals surface area contributed by atoms with Crippen molar-refractivity contribution in [1.29, 1.82) is 5.41 Å². The van der Waals surface area contributed by atoms with E-state index in [1.165, 1.54) is 38.5 Å². The second kappa shape index (κ2) is 5.90. The zero-order valence-corrected chi connectivity index (χ0v) is 8.22. The van der Waals surface area contributed by atoms with Crippen molar-refractivity contribution >= 4 is 12.0 Å². The number of carbonyl (C=O) groups is 1. The molecule has 1 fully saturated rings. The molecule has 0 aliphatic heterocycles. The topological polar surface area (TPSA) is 40.9 Å². The van der Waals surface area contributed by atoms with E-state index in [1.807, 2.05) is 0 Å². The summed E-state index contributed by atoms with van der Waals surface area (Å²) in [4.78, 5) is 11.3. The molecule has 0 amide bonds. The first-order valence-corrected chi connectivity index (χ1v) is 5.39. The molecule has 1 saturated carbocycles. The van der Waals surface area contributed by atoms with Crippen molar-refractivity contribution in [2.45, 2.75) is 51.4 Å².